The number of carbonyl (C=O) groups excluding carboxylic acids is 1. The Kier molecular flexibility index (Phi) is 3.95. The quantitative estimate of drug-likeness (QED) is 0.668. The summed E-state index contributed by atoms with van der Waals surface area (Å²) in [5.41, 5.74) is 1.58. The summed E-state index contributed by atoms with van der Waals surface area (Å²) in [6.07, 6.45) is 2.96. The smallest absolute Gasteiger partial charge is 0.256 e. The Morgan fingerprint density at radius 3 is 3.04 bits per heavy atom. The van der Waals surface area contributed by atoms with Gasteiger partial charge in [0, 0.05) is 25.4 Å². The van der Waals surface area contributed by atoms with E-state index in [9.17, 15) is 9.18 Å². The van der Waals surface area contributed by atoms with E-state index in [4.69, 9.17) is 4.74 Å². The molecular formula is C18H18FN5O2. The molecule has 1 aliphatic rings. The molecule has 1 aliphatic heterocycles. The van der Waals surface area contributed by atoms with Crippen molar-refractivity contribution in [2.75, 3.05) is 18.5 Å². The average molecular weight is 355 g/mol. The van der Waals surface area contributed by atoms with Gasteiger partial charge in [0.25, 0.3) is 5.91 Å². The summed E-state index contributed by atoms with van der Waals surface area (Å²) in [6.45, 7) is 2.57. The van der Waals surface area contributed by atoms with E-state index in [-0.39, 0.29) is 17.8 Å². The topological polar surface area (TPSA) is 71.8 Å². The molecule has 0 saturated heterocycles. The second-order valence-corrected chi connectivity index (χ2v) is 6.36. The van der Waals surface area contributed by atoms with Gasteiger partial charge in [0.05, 0.1) is 12.7 Å². The number of fused-ring (bicyclic) bond motifs is 2. The third-order valence-corrected chi connectivity index (χ3v) is 4.30. The second kappa shape index (κ2) is 6.29. The highest BCUT2D eigenvalue weighted by Crippen LogP contribution is 2.25. The molecule has 3 aromatic rings. The summed E-state index contributed by atoms with van der Waals surface area (Å²) in [7, 11) is 1.85. The van der Waals surface area contributed by atoms with Crippen LogP contribution in [-0.4, -0.2) is 40.2 Å². The number of nitrogens with zero attached hydrogens (tertiary/aromatic N) is 4. The van der Waals surface area contributed by atoms with Gasteiger partial charge in [-0.1, -0.05) is 0 Å². The lowest BCUT2D eigenvalue weighted by Gasteiger charge is -2.22. The molecule has 1 aromatic carbocycles. The fourth-order valence-electron chi connectivity index (χ4n) is 2.95. The number of rotatable bonds is 0. The highest BCUT2D eigenvalue weighted by Gasteiger charge is 2.19. The molecule has 3 heterocycles. The molecule has 0 aliphatic carbocycles. The zero-order chi connectivity index (χ0) is 18.3. The largest absolute Gasteiger partial charge is 0.489 e. The van der Waals surface area contributed by atoms with Crippen LogP contribution in [0, 0.1) is 5.82 Å². The third-order valence-electron chi connectivity index (χ3n) is 4.30. The Morgan fingerprint density at radius 1 is 1.35 bits per heavy atom. The number of benzene rings is 1. The first-order chi connectivity index (χ1) is 12.5. The van der Waals surface area contributed by atoms with E-state index in [0.29, 0.717) is 41.4 Å². The molecule has 134 valence electrons. The number of anilines is 1. The minimum absolute atomic E-state index is 0.263. The maximum absolute atomic E-state index is 13.8. The van der Waals surface area contributed by atoms with E-state index in [1.807, 2.05) is 18.9 Å². The van der Waals surface area contributed by atoms with Crippen molar-refractivity contribution in [1.82, 2.24) is 19.9 Å². The zero-order valence-electron chi connectivity index (χ0n) is 14.4. The number of hydrogen-bond acceptors (Lipinski definition) is 5. The van der Waals surface area contributed by atoms with Crippen LogP contribution in [-0.2, 0) is 6.54 Å². The van der Waals surface area contributed by atoms with E-state index in [0.717, 1.165) is 0 Å². The van der Waals surface area contributed by atoms with Crippen LogP contribution in [0.2, 0.25) is 0 Å². The average Bonchev–Trinajstić information content (AvgIpc) is 3.04. The standard InChI is InChI=1S/C18H18FN5O2/c1-11-8-20-18(25)14-9-21-24-6-5-16(22-17(14)24)23(2)10-12-7-13(19)3-4-15(12)26-11/h3-7,9,11H,8,10H2,1-2H3,(H,20,25)/t11-/m0/s1. The zero-order valence-corrected chi connectivity index (χ0v) is 14.4. The Morgan fingerprint density at radius 2 is 2.19 bits per heavy atom. The van der Waals surface area contributed by atoms with Gasteiger partial charge in [-0.05, 0) is 31.2 Å². The summed E-state index contributed by atoms with van der Waals surface area (Å²) >= 11 is 0. The van der Waals surface area contributed by atoms with Crippen molar-refractivity contribution in [2.24, 2.45) is 0 Å². The molecular weight excluding hydrogens is 337 g/mol. The number of amides is 1. The minimum Gasteiger partial charge on any atom is -0.489 e. The maximum Gasteiger partial charge on any atom is 0.256 e. The summed E-state index contributed by atoms with van der Waals surface area (Å²) < 4.78 is 21.2. The number of carbonyl (C=O) groups is 1. The van der Waals surface area contributed by atoms with Gasteiger partial charge in [-0.15, -0.1) is 0 Å². The Bertz CT molecular complexity index is 987. The number of nitrogens with one attached hydrogen (secondary N) is 1. The van der Waals surface area contributed by atoms with Crippen molar-refractivity contribution < 1.29 is 13.9 Å². The highest BCUT2D eigenvalue weighted by molar-refractivity contribution is 5.99. The first-order valence-electron chi connectivity index (χ1n) is 8.30. The summed E-state index contributed by atoms with van der Waals surface area (Å²) in [5, 5.41) is 7.00. The van der Waals surface area contributed by atoms with E-state index in [1.165, 1.54) is 18.3 Å². The molecule has 0 saturated carbocycles. The second-order valence-electron chi connectivity index (χ2n) is 6.36. The van der Waals surface area contributed by atoms with Crippen LogP contribution < -0.4 is 15.0 Å². The van der Waals surface area contributed by atoms with E-state index < -0.39 is 0 Å². The van der Waals surface area contributed by atoms with Crippen molar-refractivity contribution >= 4 is 17.4 Å². The van der Waals surface area contributed by atoms with Gasteiger partial charge in [-0.25, -0.2) is 13.9 Å². The number of hydrogen-bond donors (Lipinski definition) is 1. The number of aromatic nitrogens is 3. The van der Waals surface area contributed by atoms with Crippen LogP contribution in [0.15, 0.2) is 36.7 Å². The van der Waals surface area contributed by atoms with Gasteiger partial charge in [-0.3, -0.25) is 4.79 Å². The molecule has 7 nitrogen and oxygen atoms in total. The third kappa shape index (κ3) is 2.94. The van der Waals surface area contributed by atoms with Gasteiger partial charge in [-0.2, -0.15) is 5.10 Å². The summed E-state index contributed by atoms with van der Waals surface area (Å²) in [5.74, 6) is 0.645. The molecule has 1 atom stereocenters. The van der Waals surface area contributed by atoms with Crippen LogP contribution >= 0.6 is 0 Å². The predicted octanol–water partition coefficient (Wildman–Crippen LogP) is 2.02. The molecule has 0 spiro atoms. The monoisotopic (exact) mass is 355 g/mol. The van der Waals surface area contributed by atoms with Crippen LogP contribution in [0.25, 0.3) is 5.65 Å². The predicted molar refractivity (Wildman–Crippen MR) is 93.9 cm³/mol. The Hall–Kier alpha value is -3.16. The SMILES string of the molecule is C[C@H]1CNC(=O)c2cnn3ccc(nc23)N(C)Cc2cc(F)ccc2O1. The van der Waals surface area contributed by atoms with Gasteiger partial charge >= 0.3 is 0 Å². The van der Waals surface area contributed by atoms with Crippen molar-refractivity contribution in [3.8, 4) is 5.75 Å². The van der Waals surface area contributed by atoms with Crippen molar-refractivity contribution in [2.45, 2.75) is 19.6 Å². The van der Waals surface area contributed by atoms with Crippen LogP contribution in [0.1, 0.15) is 22.8 Å². The fraction of sp³-hybridized carbons (Fsp3) is 0.278. The number of ether oxygens (including phenoxy) is 1. The molecule has 1 amide bonds. The van der Waals surface area contributed by atoms with E-state index in [1.54, 1.807) is 22.8 Å². The van der Waals surface area contributed by atoms with Gasteiger partial charge in [0.2, 0.25) is 0 Å². The minimum atomic E-state index is -0.326. The van der Waals surface area contributed by atoms with E-state index in [2.05, 4.69) is 15.4 Å². The van der Waals surface area contributed by atoms with Crippen molar-refractivity contribution in [1.29, 1.82) is 0 Å². The molecule has 26 heavy (non-hydrogen) atoms. The molecule has 0 radical (unpaired) electrons. The van der Waals surface area contributed by atoms with Gasteiger partial charge in [0.1, 0.15) is 29.1 Å². The highest BCUT2D eigenvalue weighted by atomic mass is 19.1. The fourth-order valence-corrected chi connectivity index (χ4v) is 2.95. The van der Waals surface area contributed by atoms with Gasteiger partial charge in [0.15, 0.2) is 5.65 Å². The summed E-state index contributed by atoms with van der Waals surface area (Å²) in [4.78, 5) is 18.9. The Labute approximate surface area is 149 Å². The maximum atomic E-state index is 13.8. The molecule has 2 aromatic heterocycles. The first kappa shape index (κ1) is 16.3. The molecule has 1 N–H and O–H groups in total. The molecule has 0 unspecified atom stereocenters. The lowest BCUT2D eigenvalue weighted by molar-refractivity contribution is 0.0933. The lowest BCUT2D eigenvalue weighted by Crippen LogP contribution is -2.33. The van der Waals surface area contributed by atoms with Crippen LogP contribution in [0.5, 0.6) is 5.75 Å². The molecule has 0 fully saturated rings. The molecule has 2 bridgehead atoms. The van der Waals surface area contributed by atoms with Crippen LogP contribution in [0.4, 0.5) is 10.2 Å². The van der Waals surface area contributed by atoms with Gasteiger partial charge < -0.3 is 15.0 Å². The first-order valence-corrected chi connectivity index (χ1v) is 8.30. The van der Waals surface area contributed by atoms with Crippen LogP contribution in [0.3, 0.4) is 0 Å². The molecule has 4 rings (SSSR count). The van der Waals surface area contributed by atoms with E-state index >= 15 is 0 Å². The normalized spacial score (nSPS) is 17.7. The summed E-state index contributed by atoms with van der Waals surface area (Å²) in [6, 6.07) is 6.23. The Balaban J connectivity index is 1.82. The van der Waals surface area contributed by atoms with Crippen molar-refractivity contribution in [3.05, 3.63) is 53.6 Å². The van der Waals surface area contributed by atoms with Crippen molar-refractivity contribution in [3.63, 3.8) is 0 Å². The molecule has 8 heteroatoms. The number of halogens is 1. The lowest BCUT2D eigenvalue weighted by atomic mass is 10.1.